The van der Waals surface area contributed by atoms with Crippen LogP contribution in [-0.4, -0.2) is 42.4 Å². The van der Waals surface area contributed by atoms with Gasteiger partial charge in [-0.3, -0.25) is 24.9 Å². The summed E-state index contributed by atoms with van der Waals surface area (Å²) < 4.78 is 1.72. The Balaban J connectivity index is 1.49. The number of hydrogen-bond donors (Lipinski definition) is 3. The van der Waals surface area contributed by atoms with Gasteiger partial charge in [-0.05, 0) is 25.8 Å². The third-order valence-corrected chi connectivity index (χ3v) is 4.94. The van der Waals surface area contributed by atoms with E-state index in [1.165, 1.54) is 0 Å². The van der Waals surface area contributed by atoms with Crippen LogP contribution in [0.5, 0.6) is 0 Å². The summed E-state index contributed by atoms with van der Waals surface area (Å²) >= 11 is 0. The molecule has 3 N–H and O–H groups in total. The van der Waals surface area contributed by atoms with Gasteiger partial charge in [0.05, 0.1) is 36.7 Å². The lowest BCUT2D eigenvalue weighted by atomic mass is 10.1. The van der Waals surface area contributed by atoms with Crippen molar-refractivity contribution in [2.75, 3.05) is 10.6 Å². The van der Waals surface area contributed by atoms with E-state index in [1.54, 1.807) is 29.2 Å². The van der Waals surface area contributed by atoms with E-state index in [4.69, 9.17) is 0 Å². The molecule has 2 amide bonds. The zero-order chi connectivity index (χ0) is 20.7. The number of amides is 2. The number of rotatable bonds is 6. The van der Waals surface area contributed by atoms with Crippen molar-refractivity contribution in [2.24, 2.45) is 0 Å². The SMILES string of the molecule is Cc1cnc(CNc2cc(NC3CC3)n3ncc(C=C4CC(=O)NC4=O)c3n2)cn1. The summed E-state index contributed by atoms with van der Waals surface area (Å²) in [5.74, 6) is 0.799. The molecule has 152 valence electrons. The average Bonchev–Trinajstić information content (AvgIpc) is 3.36. The normalized spacial score (nSPS) is 17.6. The summed E-state index contributed by atoms with van der Waals surface area (Å²) in [5.41, 5.74) is 3.34. The average molecular weight is 404 g/mol. The number of imide groups is 1. The molecule has 0 unspecified atom stereocenters. The van der Waals surface area contributed by atoms with Gasteiger partial charge in [0.2, 0.25) is 5.91 Å². The van der Waals surface area contributed by atoms with Crippen molar-refractivity contribution < 1.29 is 9.59 Å². The highest BCUT2D eigenvalue weighted by atomic mass is 16.2. The molecule has 1 aliphatic heterocycles. The fraction of sp³-hybridized carbons (Fsp3) is 0.300. The van der Waals surface area contributed by atoms with Gasteiger partial charge in [0, 0.05) is 29.4 Å². The second-order valence-corrected chi connectivity index (χ2v) is 7.51. The van der Waals surface area contributed by atoms with Crippen molar-refractivity contribution in [3.8, 4) is 0 Å². The molecule has 5 rings (SSSR count). The largest absolute Gasteiger partial charge is 0.367 e. The fourth-order valence-electron chi connectivity index (χ4n) is 3.21. The molecule has 3 aromatic rings. The fourth-order valence-corrected chi connectivity index (χ4v) is 3.21. The number of nitrogens with zero attached hydrogens (tertiary/aromatic N) is 5. The third-order valence-electron chi connectivity index (χ3n) is 4.94. The van der Waals surface area contributed by atoms with Gasteiger partial charge in [0.15, 0.2) is 5.65 Å². The molecule has 0 aromatic carbocycles. The van der Waals surface area contributed by atoms with Crippen LogP contribution in [0.4, 0.5) is 11.6 Å². The molecule has 1 aliphatic carbocycles. The Morgan fingerprint density at radius 2 is 2.10 bits per heavy atom. The van der Waals surface area contributed by atoms with E-state index in [2.05, 4.69) is 36.0 Å². The van der Waals surface area contributed by atoms with Crippen molar-refractivity contribution in [3.05, 3.63) is 47.2 Å². The van der Waals surface area contributed by atoms with E-state index >= 15 is 0 Å². The molecule has 10 heteroatoms. The maximum Gasteiger partial charge on any atom is 0.254 e. The Labute approximate surface area is 171 Å². The molecular weight excluding hydrogens is 384 g/mol. The Hall–Kier alpha value is -3.82. The highest BCUT2D eigenvalue weighted by Crippen LogP contribution is 2.28. The maximum absolute atomic E-state index is 11.9. The van der Waals surface area contributed by atoms with Crippen molar-refractivity contribution in [1.29, 1.82) is 0 Å². The lowest BCUT2D eigenvalue weighted by Gasteiger charge is -2.11. The number of anilines is 2. The first-order chi connectivity index (χ1) is 14.5. The number of carbonyl (C=O) groups excluding carboxylic acids is 2. The lowest BCUT2D eigenvalue weighted by molar-refractivity contribution is -0.124. The van der Waals surface area contributed by atoms with E-state index in [9.17, 15) is 9.59 Å². The molecule has 2 fully saturated rings. The molecule has 0 radical (unpaired) electrons. The van der Waals surface area contributed by atoms with Crippen LogP contribution in [-0.2, 0) is 16.1 Å². The highest BCUT2D eigenvalue weighted by Gasteiger charge is 2.25. The zero-order valence-corrected chi connectivity index (χ0v) is 16.3. The Morgan fingerprint density at radius 3 is 2.80 bits per heavy atom. The summed E-state index contributed by atoms with van der Waals surface area (Å²) in [7, 11) is 0. The van der Waals surface area contributed by atoms with Gasteiger partial charge in [0.25, 0.3) is 5.91 Å². The zero-order valence-electron chi connectivity index (χ0n) is 16.3. The molecule has 0 bridgehead atoms. The summed E-state index contributed by atoms with van der Waals surface area (Å²) in [6.45, 7) is 2.37. The number of nitrogens with one attached hydrogen (secondary N) is 3. The van der Waals surface area contributed by atoms with E-state index in [0.717, 1.165) is 30.0 Å². The topological polar surface area (TPSA) is 126 Å². The molecule has 2 aliphatic rings. The predicted octanol–water partition coefficient (Wildman–Crippen LogP) is 1.44. The van der Waals surface area contributed by atoms with E-state index in [1.807, 2.05) is 13.0 Å². The molecule has 3 aromatic heterocycles. The van der Waals surface area contributed by atoms with Crippen molar-refractivity contribution in [2.45, 2.75) is 38.8 Å². The molecule has 1 saturated carbocycles. The van der Waals surface area contributed by atoms with Gasteiger partial charge >= 0.3 is 0 Å². The van der Waals surface area contributed by atoms with Gasteiger partial charge in [-0.1, -0.05) is 0 Å². The smallest absolute Gasteiger partial charge is 0.254 e. The summed E-state index contributed by atoms with van der Waals surface area (Å²) in [4.78, 5) is 36.7. The van der Waals surface area contributed by atoms with Crippen LogP contribution in [0.1, 0.15) is 36.2 Å². The van der Waals surface area contributed by atoms with Crippen LogP contribution < -0.4 is 16.0 Å². The number of hydrogen-bond acceptors (Lipinski definition) is 8. The standard InChI is InChI=1S/C20H20N8O2/c1-11-7-22-15(9-21-11)10-23-16-6-17(25-14-2-3-14)28-19(26-16)13(8-24-28)4-12-5-18(29)27-20(12)30/h4,6-9,14,25H,2-3,5,10H2,1H3,(H,23,26)(H,27,29,30). The molecule has 1 saturated heterocycles. The van der Waals surface area contributed by atoms with Crippen LogP contribution in [0.25, 0.3) is 11.7 Å². The molecule has 30 heavy (non-hydrogen) atoms. The summed E-state index contributed by atoms with van der Waals surface area (Å²) in [6.07, 6.45) is 9.08. The lowest BCUT2D eigenvalue weighted by Crippen LogP contribution is -2.19. The Bertz CT molecular complexity index is 1180. The number of fused-ring (bicyclic) bond motifs is 1. The Morgan fingerprint density at radius 1 is 1.23 bits per heavy atom. The third kappa shape index (κ3) is 3.71. The quantitative estimate of drug-likeness (QED) is 0.416. The van der Waals surface area contributed by atoms with Crippen molar-refractivity contribution in [3.63, 3.8) is 0 Å². The molecule has 10 nitrogen and oxygen atoms in total. The van der Waals surface area contributed by atoms with Crippen LogP contribution in [0.15, 0.2) is 30.2 Å². The number of carbonyl (C=O) groups is 2. The molecule has 4 heterocycles. The van der Waals surface area contributed by atoms with E-state index < -0.39 is 0 Å². The van der Waals surface area contributed by atoms with E-state index in [0.29, 0.717) is 35.2 Å². The second kappa shape index (κ2) is 7.21. The minimum Gasteiger partial charge on any atom is -0.367 e. The van der Waals surface area contributed by atoms with Crippen LogP contribution in [0.3, 0.4) is 0 Å². The van der Waals surface area contributed by atoms with Crippen LogP contribution in [0, 0.1) is 6.92 Å². The summed E-state index contributed by atoms with van der Waals surface area (Å²) in [6, 6.07) is 2.33. The molecule has 0 spiro atoms. The van der Waals surface area contributed by atoms with Gasteiger partial charge in [-0.2, -0.15) is 9.61 Å². The minimum atomic E-state index is -0.372. The van der Waals surface area contributed by atoms with Crippen LogP contribution in [0.2, 0.25) is 0 Å². The Kier molecular flexibility index (Phi) is 4.38. The second-order valence-electron chi connectivity index (χ2n) is 7.51. The van der Waals surface area contributed by atoms with Crippen LogP contribution >= 0.6 is 0 Å². The predicted molar refractivity (Wildman–Crippen MR) is 109 cm³/mol. The van der Waals surface area contributed by atoms with Gasteiger partial charge in [-0.15, -0.1) is 0 Å². The van der Waals surface area contributed by atoms with Crippen molar-refractivity contribution >= 4 is 35.2 Å². The highest BCUT2D eigenvalue weighted by molar-refractivity contribution is 6.15. The van der Waals surface area contributed by atoms with E-state index in [-0.39, 0.29) is 18.2 Å². The summed E-state index contributed by atoms with van der Waals surface area (Å²) in [5, 5.41) is 13.5. The van der Waals surface area contributed by atoms with Gasteiger partial charge in [0.1, 0.15) is 11.6 Å². The number of aryl methyl sites for hydroxylation is 1. The number of aromatic nitrogens is 5. The van der Waals surface area contributed by atoms with Gasteiger partial charge in [-0.25, -0.2) is 4.98 Å². The first-order valence-electron chi connectivity index (χ1n) is 9.76. The van der Waals surface area contributed by atoms with Gasteiger partial charge < -0.3 is 10.6 Å². The molecule has 0 atom stereocenters. The molecular formula is C20H20N8O2. The van der Waals surface area contributed by atoms with Crippen molar-refractivity contribution in [1.82, 2.24) is 29.9 Å². The first kappa shape index (κ1) is 18.2. The first-order valence-corrected chi connectivity index (χ1v) is 9.76. The minimum absolute atomic E-state index is 0.0629. The monoisotopic (exact) mass is 404 g/mol. The maximum atomic E-state index is 11.9.